The Bertz CT molecular complexity index is 950. The number of ether oxygens (including phenoxy) is 1. The number of hydrogen-bond donors (Lipinski definition) is 2. The van der Waals surface area contributed by atoms with E-state index in [0.29, 0.717) is 19.6 Å². The molecule has 2 N–H and O–H groups in total. The van der Waals surface area contributed by atoms with E-state index in [-0.39, 0.29) is 17.6 Å². The van der Waals surface area contributed by atoms with Crippen molar-refractivity contribution in [2.45, 2.75) is 58.0 Å². The Hall–Kier alpha value is -2.28. The molecule has 3 rings (SSSR count). The maximum Gasteiger partial charge on any atom is 0.261 e. The summed E-state index contributed by atoms with van der Waals surface area (Å²) < 4.78 is 12.6. The van der Waals surface area contributed by atoms with Gasteiger partial charge in [0, 0.05) is 12.5 Å². The van der Waals surface area contributed by atoms with E-state index in [1.54, 1.807) is 0 Å². The molecule has 0 aliphatic rings. The van der Waals surface area contributed by atoms with Gasteiger partial charge in [0.15, 0.2) is 0 Å². The number of rotatable bonds is 12. The van der Waals surface area contributed by atoms with Crippen molar-refractivity contribution in [1.29, 1.82) is 0 Å². The van der Waals surface area contributed by atoms with E-state index in [0.717, 1.165) is 5.56 Å². The molecular formula is C30H40O4Si. The lowest BCUT2D eigenvalue weighted by molar-refractivity contribution is -0.0399. The lowest BCUT2D eigenvalue weighted by atomic mass is 9.96. The normalized spacial score (nSPS) is 14.9. The highest BCUT2D eigenvalue weighted by molar-refractivity contribution is 6.99. The second-order valence-corrected chi connectivity index (χ2v) is 14.6. The molecule has 0 saturated heterocycles. The van der Waals surface area contributed by atoms with Crippen molar-refractivity contribution in [1.82, 2.24) is 0 Å². The first kappa shape index (κ1) is 27.3. The Morgan fingerprint density at radius 1 is 0.743 bits per heavy atom. The monoisotopic (exact) mass is 492 g/mol. The maximum absolute atomic E-state index is 10.9. The van der Waals surface area contributed by atoms with Crippen LogP contribution in [0.1, 0.15) is 39.7 Å². The number of benzene rings is 3. The molecule has 0 radical (unpaired) electrons. The fourth-order valence-electron chi connectivity index (χ4n) is 4.64. The Morgan fingerprint density at radius 3 is 1.71 bits per heavy atom. The first-order valence-electron chi connectivity index (χ1n) is 12.5. The summed E-state index contributed by atoms with van der Waals surface area (Å²) in [6.07, 6.45) is -0.994. The summed E-state index contributed by atoms with van der Waals surface area (Å²) in [5.41, 5.74) is 1.06. The fraction of sp³-hybridized carbons (Fsp3) is 0.400. The zero-order chi connectivity index (χ0) is 25.3. The smallest absolute Gasteiger partial charge is 0.261 e. The second-order valence-electron chi connectivity index (χ2n) is 10.3. The summed E-state index contributed by atoms with van der Waals surface area (Å²) in [7, 11) is -2.63. The lowest BCUT2D eigenvalue weighted by Crippen LogP contribution is -2.66. The van der Waals surface area contributed by atoms with E-state index < -0.39 is 20.5 Å². The molecule has 0 spiro atoms. The largest absolute Gasteiger partial charge is 0.407 e. The van der Waals surface area contributed by atoms with Crippen LogP contribution in [0.15, 0.2) is 91.0 Å². The molecule has 0 saturated carbocycles. The zero-order valence-electron chi connectivity index (χ0n) is 21.4. The summed E-state index contributed by atoms with van der Waals surface area (Å²) in [5, 5.41) is 23.8. The molecule has 188 valence electrons. The van der Waals surface area contributed by atoms with E-state index in [9.17, 15) is 10.2 Å². The van der Waals surface area contributed by atoms with E-state index in [1.165, 1.54) is 10.4 Å². The van der Waals surface area contributed by atoms with Crippen LogP contribution in [-0.4, -0.2) is 44.0 Å². The van der Waals surface area contributed by atoms with Gasteiger partial charge in [-0.05, 0) is 27.4 Å². The van der Waals surface area contributed by atoms with E-state index in [1.807, 2.05) is 49.4 Å². The molecule has 3 aromatic carbocycles. The van der Waals surface area contributed by atoms with Crippen molar-refractivity contribution in [3.05, 3.63) is 96.6 Å². The number of aliphatic hydroxyl groups excluding tert-OH is 2. The van der Waals surface area contributed by atoms with Crippen LogP contribution in [0, 0.1) is 5.92 Å². The Kier molecular flexibility index (Phi) is 9.84. The van der Waals surface area contributed by atoms with Gasteiger partial charge in [0.1, 0.15) is 0 Å². The SMILES string of the molecule is C[C@@H]([C@H](O)CCO[Si](c1ccccc1)(c1ccccc1)C(C)(C)C)[C@@H](O)COCc1ccccc1. The predicted octanol–water partition coefficient (Wildman–Crippen LogP) is 4.53. The third-order valence-electron chi connectivity index (χ3n) is 6.76. The Morgan fingerprint density at radius 2 is 1.23 bits per heavy atom. The molecule has 3 atom stereocenters. The number of hydrogen-bond acceptors (Lipinski definition) is 4. The van der Waals surface area contributed by atoms with Crippen LogP contribution in [-0.2, 0) is 15.8 Å². The Balaban J connectivity index is 1.65. The quantitative estimate of drug-likeness (QED) is 0.365. The van der Waals surface area contributed by atoms with Gasteiger partial charge >= 0.3 is 0 Å². The van der Waals surface area contributed by atoms with Crippen molar-refractivity contribution in [3.8, 4) is 0 Å². The molecule has 0 aliphatic heterocycles. The van der Waals surface area contributed by atoms with Gasteiger partial charge in [0.25, 0.3) is 8.32 Å². The van der Waals surface area contributed by atoms with Crippen molar-refractivity contribution in [3.63, 3.8) is 0 Å². The first-order valence-corrected chi connectivity index (χ1v) is 14.4. The highest BCUT2D eigenvalue weighted by Crippen LogP contribution is 2.37. The van der Waals surface area contributed by atoms with Gasteiger partial charge in [-0.3, -0.25) is 0 Å². The highest BCUT2D eigenvalue weighted by atomic mass is 28.4. The van der Waals surface area contributed by atoms with Crippen LogP contribution in [0.5, 0.6) is 0 Å². The Labute approximate surface area is 211 Å². The first-order chi connectivity index (χ1) is 16.8. The maximum atomic E-state index is 10.9. The molecule has 0 aliphatic carbocycles. The molecule has 0 unspecified atom stereocenters. The van der Waals surface area contributed by atoms with Gasteiger partial charge < -0.3 is 19.4 Å². The molecule has 0 fully saturated rings. The molecule has 0 aromatic heterocycles. The lowest BCUT2D eigenvalue weighted by Gasteiger charge is -2.43. The summed E-state index contributed by atoms with van der Waals surface area (Å²) in [6.45, 7) is 9.63. The van der Waals surface area contributed by atoms with Crippen LogP contribution >= 0.6 is 0 Å². The number of aliphatic hydroxyl groups is 2. The summed E-state index contributed by atoms with van der Waals surface area (Å²) in [4.78, 5) is 0. The third kappa shape index (κ3) is 6.90. The topological polar surface area (TPSA) is 58.9 Å². The molecule has 35 heavy (non-hydrogen) atoms. The highest BCUT2D eigenvalue weighted by Gasteiger charge is 2.50. The van der Waals surface area contributed by atoms with Gasteiger partial charge in [-0.1, -0.05) is 119 Å². The molecule has 5 heteroatoms. The van der Waals surface area contributed by atoms with Gasteiger partial charge in [-0.25, -0.2) is 0 Å². The standard InChI is InChI=1S/C30H40O4Si/c1-24(29(32)23-33-22-25-14-8-5-9-15-25)28(31)20-21-34-35(30(2,3)4,26-16-10-6-11-17-26)27-18-12-7-13-19-27/h5-19,24,28-29,31-32H,20-23H2,1-4H3/t24-,28+,29-/m0/s1. The minimum Gasteiger partial charge on any atom is -0.407 e. The molecule has 4 nitrogen and oxygen atoms in total. The second kappa shape index (κ2) is 12.6. The van der Waals surface area contributed by atoms with E-state index in [2.05, 4.69) is 69.3 Å². The molecule has 3 aromatic rings. The summed E-state index contributed by atoms with van der Waals surface area (Å²) >= 11 is 0. The minimum absolute atomic E-state index is 0.114. The van der Waals surface area contributed by atoms with Crippen LogP contribution in [0.2, 0.25) is 5.04 Å². The minimum atomic E-state index is -2.63. The fourth-order valence-corrected chi connectivity index (χ4v) is 9.22. The molecule has 0 heterocycles. The van der Waals surface area contributed by atoms with Gasteiger partial charge in [-0.2, -0.15) is 0 Å². The van der Waals surface area contributed by atoms with Crippen LogP contribution in [0.4, 0.5) is 0 Å². The molecule has 0 bridgehead atoms. The van der Waals surface area contributed by atoms with Gasteiger partial charge in [0.05, 0.1) is 25.4 Å². The van der Waals surface area contributed by atoms with E-state index >= 15 is 0 Å². The van der Waals surface area contributed by atoms with Crippen molar-refractivity contribution >= 4 is 18.7 Å². The summed E-state index contributed by atoms with van der Waals surface area (Å²) in [5.74, 6) is -0.325. The predicted molar refractivity (Wildman–Crippen MR) is 145 cm³/mol. The molecule has 0 amide bonds. The van der Waals surface area contributed by atoms with Crippen molar-refractivity contribution in [2.75, 3.05) is 13.2 Å². The summed E-state index contributed by atoms with van der Waals surface area (Å²) in [6, 6.07) is 30.9. The molecular weight excluding hydrogens is 452 g/mol. The van der Waals surface area contributed by atoms with Gasteiger partial charge in [-0.15, -0.1) is 0 Å². The average molecular weight is 493 g/mol. The van der Waals surface area contributed by atoms with E-state index in [4.69, 9.17) is 9.16 Å². The van der Waals surface area contributed by atoms with Crippen LogP contribution < -0.4 is 10.4 Å². The van der Waals surface area contributed by atoms with Crippen LogP contribution in [0.3, 0.4) is 0 Å². The van der Waals surface area contributed by atoms with Crippen LogP contribution in [0.25, 0.3) is 0 Å². The average Bonchev–Trinajstić information content (AvgIpc) is 2.87. The van der Waals surface area contributed by atoms with Crippen molar-refractivity contribution < 1.29 is 19.4 Å². The third-order valence-corrected chi connectivity index (χ3v) is 11.8. The van der Waals surface area contributed by atoms with Gasteiger partial charge in [0.2, 0.25) is 0 Å². The van der Waals surface area contributed by atoms with Crippen molar-refractivity contribution in [2.24, 2.45) is 5.92 Å². The zero-order valence-corrected chi connectivity index (χ0v) is 22.4.